The maximum atomic E-state index is 12.1. The van der Waals surface area contributed by atoms with Crippen LogP contribution in [0.1, 0.15) is 25.3 Å². The minimum atomic E-state index is -0.454. The summed E-state index contributed by atoms with van der Waals surface area (Å²) in [5, 5.41) is 2.77. The number of likely N-dealkylation sites (tertiary alicyclic amines) is 1. The summed E-state index contributed by atoms with van der Waals surface area (Å²) in [7, 11) is 0. The minimum Gasteiger partial charge on any atom is -0.344 e. The largest absolute Gasteiger partial charge is 0.344 e. The number of thiol groups is 1. The highest BCUT2D eigenvalue weighted by Gasteiger charge is 2.24. The molecule has 1 N–H and O–H groups in total. The van der Waals surface area contributed by atoms with Crippen LogP contribution in [0.15, 0.2) is 29.2 Å². The van der Waals surface area contributed by atoms with E-state index in [2.05, 4.69) is 17.9 Å². The molecule has 0 bridgehead atoms. The Labute approximate surface area is 124 Å². The zero-order chi connectivity index (χ0) is 14.5. The highest BCUT2D eigenvalue weighted by atomic mass is 32.1. The van der Waals surface area contributed by atoms with E-state index in [1.807, 2.05) is 29.2 Å². The Morgan fingerprint density at radius 3 is 2.45 bits per heavy atom. The molecule has 1 atom stereocenters. The quantitative estimate of drug-likeness (QED) is 0.829. The molecule has 0 aliphatic carbocycles. The predicted octanol–water partition coefficient (Wildman–Crippen LogP) is 1.64. The second kappa shape index (κ2) is 6.79. The summed E-state index contributed by atoms with van der Waals surface area (Å²) in [5.74, 6) is -0.112. The van der Waals surface area contributed by atoms with Crippen LogP contribution in [0.25, 0.3) is 0 Å². The first-order chi connectivity index (χ1) is 9.56. The number of nitrogens with zero attached hydrogens (tertiary/aromatic N) is 1. The van der Waals surface area contributed by atoms with Crippen LogP contribution >= 0.6 is 12.6 Å². The van der Waals surface area contributed by atoms with Crippen LogP contribution in [0, 0.1) is 0 Å². The van der Waals surface area contributed by atoms with Crippen LogP contribution in [-0.4, -0.2) is 35.8 Å². The van der Waals surface area contributed by atoms with Crippen LogP contribution in [0.2, 0.25) is 0 Å². The summed E-state index contributed by atoms with van der Waals surface area (Å²) in [6, 6.07) is 6.99. The van der Waals surface area contributed by atoms with Gasteiger partial charge in [0, 0.05) is 18.0 Å². The Kier molecular flexibility index (Phi) is 5.06. The summed E-state index contributed by atoms with van der Waals surface area (Å²) < 4.78 is 0. The van der Waals surface area contributed by atoms with Gasteiger partial charge in [0.1, 0.15) is 6.04 Å². The molecule has 1 aliphatic rings. The average Bonchev–Trinajstić information content (AvgIpc) is 2.94. The highest BCUT2D eigenvalue weighted by molar-refractivity contribution is 7.80. The summed E-state index contributed by atoms with van der Waals surface area (Å²) in [4.78, 5) is 26.7. The summed E-state index contributed by atoms with van der Waals surface area (Å²) >= 11 is 4.20. The zero-order valence-corrected chi connectivity index (χ0v) is 12.5. The van der Waals surface area contributed by atoms with Crippen molar-refractivity contribution in [2.75, 3.05) is 13.1 Å². The predicted molar refractivity (Wildman–Crippen MR) is 80.8 cm³/mol. The molecule has 0 spiro atoms. The normalized spacial score (nSPS) is 16.0. The molecule has 1 unspecified atom stereocenters. The average molecular weight is 292 g/mol. The third-order valence-electron chi connectivity index (χ3n) is 3.47. The van der Waals surface area contributed by atoms with Gasteiger partial charge >= 0.3 is 0 Å². The molecule has 1 fully saturated rings. The van der Waals surface area contributed by atoms with Crippen LogP contribution in [-0.2, 0) is 16.0 Å². The smallest absolute Gasteiger partial charge is 0.244 e. The number of hydrogen-bond acceptors (Lipinski definition) is 3. The van der Waals surface area contributed by atoms with Crippen molar-refractivity contribution in [3.8, 4) is 0 Å². The first-order valence-corrected chi connectivity index (χ1v) is 7.37. The number of carbonyl (C=O) groups excluding carboxylic acids is 2. The Hall–Kier alpha value is -1.49. The van der Waals surface area contributed by atoms with Gasteiger partial charge in [-0.3, -0.25) is 9.59 Å². The molecule has 108 valence electrons. The van der Waals surface area contributed by atoms with E-state index >= 15 is 0 Å². The Morgan fingerprint density at radius 1 is 1.25 bits per heavy atom. The molecule has 1 aliphatic heterocycles. The minimum absolute atomic E-state index is 0.0153. The van der Waals surface area contributed by atoms with E-state index in [0.29, 0.717) is 0 Å². The van der Waals surface area contributed by atoms with Crippen molar-refractivity contribution in [3.63, 3.8) is 0 Å². The van der Waals surface area contributed by atoms with E-state index in [4.69, 9.17) is 0 Å². The third kappa shape index (κ3) is 4.00. The monoisotopic (exact) mass is 292 g/mol. The number of hydrogen-bond donors (Lipinski definition) is 2. The Balaban J connectivity index is 1.84. The van der Waals surface area contributed by atoms with E-state index in [1.165, 1.54) is 0 Å². The lowest BCUT2D eigenvalue weighted by Crippen LogP contribution is -2.46. The van der Waals surface area contributed by atoms with Gasteiger partial charge in [-0.05, 0) is 37.5 Å². The van der Waals surface area contributed by atoms with Gasteiger partial charge in [-0.2, -0.15) is 0 Å². The Bertz CT molecular complexity index is 481. The molecule has 2 amide bonds. The lowest BCUT2D eigenvalue weighted by molar-refractivity contribution is -0.134. The van der Waals surface area contributed by atoms with Gasteiger partial charge < -0.3 is 10.2 Å². The lowest BCUT2D eigenvalue weighted by Gasteiger charge is -2.21. The number of rotatable bonds is 4. The van der Waals surface area contributed by atoms with E-state index in [0.717, 1.165) is 36.4 Å². The van der Waals surface area contributed by atoms with E-state index < -0.39 is 6.04 Å². The van der Waals surface area contributed by atoms with Crippen molar-refractivity contribution in [2.45, 2.75) is 37.1 Å². The molecular weight excluding hydrogens is 272 g/mol. The van der Waals surface area contributed by atoms with Crippen LogP contribution < -0.4 is 5.32 Å². The molecule has 20 heavy (non-hydrogen) atoms. The molecule has 1 heterocycles. The zero-order valence-electron chi connectivity index (χ0n) is 11.6. The summed E-state index contributed by atoms with van der Waals surface area (Å²) in [6.45, 7) is 3.36. The van der Waals surface area contributed by atoms with E-state index in [-0.39, 0.29) is 18.2 Å². The molecule has 5 heteroatoms. The van der Waals surface area contributed by atoms with Crippen molar-refractivity contribution in [3.05, 3.63) is 29.8 Å². The molecule has 1 saturated heterocycles. The fraction of sp³-hybridized carbons (Fsp3) is 0.467. The maximum absolute atomic E-state index is 12.1. The Morgan fingerprint density at radius 2 is 1.85 bits per heavy atom. The number of benzene rings is 1. The molecular formula is C15H20N2O2S. The van der Waals surface area contributed by atoms with E-state index in [1.54, 1.807) is 6.92 Å². The number of nitrogens with one attached hydrogen (secondary N) is 1. The lowest BCUT2D eigenvalue weighted by atomic mass is 10.1. The molecule has 2 rings (SSSR count). The second-order valence-electron chi connectivity index (χ2n) is 5.16. The molecule has 1 aromatic carbocycles. The third-order valence-corrected chi connectivity index (χ3v) is 3.76. The SMILES string of the molecule is CC(NC(=O)Cc1ccc(S)cc1)C(=O)N1CCCC1. The van der Waals surface area contributed by atoms with Gasteiger partial charge in [0.15, 0.2) is 0 Å². The van der Waals surface area contributed by atoms with Crippen molar-refractivity contribution in [1.82, 2.24) is 10.2 Å². The molecule has 1 aromatic rings. The van der Waals surface area contributed by atoms with Gasteiger partial charge in [-0.15, -0.1) is 12.6 Å². The van der Waals surface area contributed by atoms with Gasteiger partial charge in [0.2, 0.25) is 11.8 Å². The van der Waals surface area contributed by atoms with Gasteiger partial charge in [-0.1, -0.05) is 12.1 Å². The van der Waals surface area contributed by atoms with Crippen molar-refractivity contribution >= 4 is 24.4 Å². The van der Waals surface area contributed by atoms with E-state index in [9.17, 15) is 9.59 Å². The van der Waals surface area contributed by atoms with Crippen molar-refractivity contribution < 1.29 is 9.59 Å². The molecule has 4 nitrogen and oxygen atoms in total. The molecule has 0 aromatic heterocycles. The fourth-order valence-corrected chi connectivity index (χ4v) is 2.51. The van der Waals surface area contributed by atoms with Crippen LogP contribution in [0.5, 0.6) is 0 Å². The van der Waals surface area contributed by atoms with Crippen LogP contribution in [0.3, 0.4) is 0 Å². The van der Waals surface area contributed by atoms with Gasteiger partial charge in [0.05, 0.1) is 6.42 Å². The fourth-order valence-electron chi connectivity index (χ4n) is 2.36. The number of carbonyl (C=O) groups is 2. The van der Waals surface area contributed by atoms with Crippen LogP contribution in [0.4, 0.5) is 0 Å². The highest BCUT2D eigenvalue weighted by Crippen LogP contribution is 2.10. The molecule has 0 radical (unpaired) electrons. The van der Waals surface area contributed by atoms with Gasteiger partial charge in [0.25, 0.3) is 0 Å². The summed E-state index contributed by atoms with van der Waals surface area (Å²) in [6.07, 6.45) is 2.40. The van der Waals surface area contributed by atoms with Crippen molar-refractivity contribution in [2.24, 2.45) is 0 Å². The first-order valence-electron chi connectivity index (χ1n) is 6.92. The van der Waals surface area contributed by atoms with Gasteiger partial charge in [-0.25, -0.2) is 0 Å². The first kappa shape index (κ1) is 14.9. The standard InChI is InChI=1S/C15H20N2O2S/c1-11(15(19)17-8-2-3-9-17)16-14(18)10-12-4-6-13(20)7-5-12/h4-7,11,20H,2-3,8-10H2,1H3,(H,16,18). The van der Waals surface area contributed by atoms with Crippen molar-refractivity contribution in [1.29, 1.82) is 0 Å². The maximum Gasteiger partial charge on any atom is 0.244 e. The second-order valence-corrected chi connectivity index (χ2v) is 5.68. The molecule has 0 saturated carbocycles. The topological polar surface area (TPSA) is 49.4 Å². The summed E-state index contributed by atoms with van der Waals surface area (Å²) in [5.41, 5.74) is 0.918. The number of amides is 2.